The Balaban J connectivity index is 2.14. The van der Waals surface area contributed by atoms with Crippen molar-refractivity contribution in [1.29, 1.82) is 0 Å². The number of rotatable bonds is 3. The van der Waals surface area contributed by atoms with Crippen molar-refractivity contribution in [1.82, 2.24) is 14.9 Å². The number of nitrogens with one attached hydrogen (secondary N) is 1. The summed E-state index contributed by atoms with van der Waals surface area (Å²) in [6, 6.07) is 0.526. The van der Waals surface area contributed by atoms with E-state index in [-0.39, 0.29) is 5.69 Å². The standard InChI is InChI=1S/C12H17N3O/c1-3-6-15(2)10-4-5-11-9(7-10)8-13-12(16)14-11/h3,8,10H,1,4-7H2,2H3,(H,13,14,16). The SMILES string of the molecule is C=CCN(C)C1CCc2[nH]c(=O)ncc2C1. The van der Waals surface area contributed by atoms with Crippen molar-refractivity contribution in [3.8, 4) is 0 Å². The summed E-state index contributed by atoms with van der Waals surface area (Å²) in [5.74, 6) is 0. The molecule has 86 valence electrons. The van der Waals surface area contributed by atoms with E-state index in [1.165, 1.54) is 5.56 Å². The third-order valence-electron chi connectivity index (χ3n) is 3.21. The molecule has 0 aromatic carbocycles. The number of H-pyrrole nitrogens is 1. The zero-order chi connectivity index (χ0) is 11.5. The van der Waals surface area contributed by atoms with Gasteiger partial charge >= 0.3 is 5.69 Å². The molecule has 0 amide bonds. The van der Waals surface area contributed by atoms with Crippen LogP contribution in [0.15, 0.2) is 23.6 Å². The van der Waals surface area contributed by atoms with E-state index in [4.69, 9.17) is 0 Å². The largest absolute Gasteiger partial charge is 0.345 e. The van der Waals surface area contributed by atoms with E-state index in [0.29, 0.717) is 6.04 Å². The number of nitrogens with zero attached hydrogens (tertiary/aromatic N) is 2. The molecule has 0 radical (unpaired) electrons. The lowest BCUT2D eigenvalue weighted by molar-refractivity contribution is 0.242. The van der Waals surface area contributed by atoms with Gasteiger partial charge in [0.05, 0.1) is 0 Å². The van der Waals surface area contributed by atoms with Crippen LogP contribution in [0.4, 0.5) is 0 Å². The minimum absolute atomic E-state index is 0.239. The highest BCUT2D eigenvalue weighted by molar-refractivity contribution is 5.20. The van der Waals surface area contributed by atoms with Crippen LogP contribution >= 0.6 is 0 Å². The van der Waals surface area contributed by atoms with Gasteiger partial charge in [-0.05, 0) is 31.9 Å². The van der Waals surface area contributed by atoms with Crippen LogP contribution in [0.2, 0.25) is 0 Å². The normalized spacial score (nSPS) is 19.5. The number of fused-ring (bicyclic) bond motifs is 1. The van der Waals surface area contributed by atoms with Crippen LogP contribution in [-0.4, -0.2) is 34.5 Å². The van der Waals surface area contributed by atoms with Crippen molar-refractivity contribution in [2.24, 2.45) is 0 Å². The van der Waals surface area contributed by atoms with Crippen LogP contribution in [-0.2, 0) is 12.8 Å². The van der Waals surface area contributed by atoms with Crippen molar-refractivity contribution in [3.63, 3.8) is 0 Å². The van der Waals surface area contributed by atoms with Crippen molar-refractivity contribution >= 4 is 0 Å². The van der Waals surface area contributed by atoms with Gasteiger partial charge in [-0.1, -0.05) is 6.08 Å². The molecule has 1 N–H and O–H groups in total. The first-order valence-corrected chi connectivity index (χ1v) is 5.59. The Labute approximate surface area is 95.0 Å². The van der Waals surface area contributed by atoms with Crippen molar-refractivity contribution < 1.29 is 0 Å². The maximum atomic E-state index is 11.1. The zero-order valence-electron chi connectivity index (χ0n) is 9.57. The lowest BCUT2D eigenvalue weighted by Gasteiger charge is -2.31. The highest BCUT2D eigenvalue weighted by atomic mass is 16.1. The van der Waals surface area contributed by atoms with Crippen molar-refractivity contribution in [2.75, 3.05) is 13.6 Å². The summed E-state index contributed by atoms with van der Waals surface area (Å²) in [6.45, 7) is 4.65. The van der Waals surface area contributed by atoms with Crippen LogP contribution in [0.5, 0.6) is 0 Å². The Bertz CT molecular complexity index is 438. The predicted molar refractivity (Wildman–Crippen MR) is 63.5 cm³/mol. The molecule has 1 aliphatic rings. The van der Waals surface area contributed by atoms with E-state index in [1.54, 1.807) is 6.20 Å². The lowest BCUT2D eigenvalue weighted by Crippen LogP contribution is -2.37. The molecule has 0 fully saturated rings. The van der Waals surface area contributed by atoms with Crippen LogP contribution in [0, 0.1) is 0 Å². The molecular weight excluding hydrogens is 202 g/mol. The monoisotopic (exact) mass is 219 g/mol. The average Bonchev–Trinajstić information content (AvgIpc) is 2.28. The van der Waals surface area contributed by atoms with E-state index in [1.807, 2.05) is 6.08 Å². The predicted octanol–water partition coefficient (Wildman–Crippen LogP) is 0.745. The topological polar surface area (TPSA) is 49.0 Å². The van der Waals surface area contributed by atoms with Crippen molar-refractivity contribution in [2.45, 2.75) is 25.3 Å². The Hall–Kier alpha value is -1.42. The zero-order valence-corrected chi connectivity index (χ0v) is 9.57. The maximum Gasteiger partial charge on any atom is 0.345 e. The Morgan fingerprint density at radius 1 is 1.75 bits per heavy atom. The number of hydrogen-bond acceptors (Lipinski definition) is 3. The number of hydrogen-bond donors (Lipinski definition) is 1. The smallest absolute Gasteiger partial charge is 0.310 e. The Morgan fingerprint density at radius 2 is 2.56 bits per heavy atom. The van der Waals surface area contributed by atoms with Crippen LogP contribution in [0.3, 0.4) is 0 Å². The quantitative estimate of drug-likeness (QED) is 0.763. The summed E-state index contributed by atoms with van der Waals surface area (Å²) in [5.41, 5.74) is 1.99. The molecule has 1 aliphatic carbocycles. The highest BCUT2D eigenvalue weighted by Gasteiger charge is 2.22. The second-order valence-electron chi connectivity index (χ2n) is 4.32. The van der Waals surface area contributed by atoms with Gasteiger partial charge < -0.3 is 4.98 Å². The molecule has 2 rings (SSSR count). The van der Waals surface area contributed by atoms with Gasteiger partial charge in [0.15, 0.2) is 0 Å². The van der Waals surface area contributed by atoms with Gasteiger partial charge in [-0.25, -0.2) is 9.78 Å². The molecule has 1 unspecified atom stereocenters. The van der Waals surface area contributed by atoms with Gasteiger partial charge in [-0.2, -0.15) is 0 Å². The fourth-order valence-corrected chi connectivity index (χ4v) is 2.25. The number of aryl methyl sites for hydroxylation is 1. The molecule has 1 heterocycles. The van der Waals surface area contributed by atoms with E-state index >= 15 is 0 Å². The number of aromatic nitrogens is 2. The summed E-state index contributed by atoms with van der Waals surface area (Å²) < 4.78 is 0. The lowest BCUT2D eigenvalue weighted by atomic mass is 9.92. The molecule has 0 saturated heterocycles. The molecule has 1 atom stereocenters. The van der Waals surface area contributed by atoms with Crippen LogP contribution in [0.25, 0.3) is 0 Å². The molecule has 0 aliphatic heterocycles. The van der Waals surface area contributed by atoms with E-state index in [2.05, 4.69) is 28.5 Å². The maximum absolute atomic E-state index is 11.1. The Morgan fingerprint density at radius 3 is 3.31 bits per heavy atom. The second-order valence-corrected chi connectivity index (χ2v) is 4.32. The first-order valence-electron chi connectivity index (χ1n) is 5.59. The van der Waals surface area contributed by atoms with E-state index in [9.17, 15) is 4.79 Å². The molecule has 0 saturated carbocycles. The molecule has 1 aromatic heterocycles. The molecule has 0 bridgehead atoms. The molecule has 16 heavy (non-hydrogen) atoms. The highest BCUT2D eigenvalue weighted by Crippen LogP contribution is 2.20. The molecule has 4 nitrogen and oxygen atoms in total. The molecule has 0 spiro atoms. The van der Waals surface area contributed by atoms with Crippen molar-refractivity contribution in [3.05, 3.63) is 40.6 Å². The van der Waals surface area contributed by atoms with Crippen LogP contribution < -0.4 is 5.69 Å². The summed E-state index contributed by atoms with van der Waals surface area (Å²) in [5, 5.41) is 0. The number of aromatic amines is 1. The second kappa shape index (κ2) is 4.61. The summed E-state index contributed by atoms with van der Waals surface area (Å²) in [6.07, 6.45) is 6.60. The first kappa shape index (κ1) is 11.1. The van der Waals surface area contributed by atoms with E-state index < -0.39 is 0 Å². The molecular formula is C12H17N3O. The van der Waals surface area contributed by atoms with Gasteiger partial charge in [0.2, 0.25) is 0 Å². The molecule has 4 heteroatoms. The fourth-order valence-electron chi connectivity index (χ4n) is 2.25. The average molecular weight is 219 g/mol. The fraction of sp³-hybridized carbons (Fsp3) is 0.500. The third kappa shape index (κ3) is 2.22. The minimum Gasteiger partial charge on any atom is -0.310 e. The van der Waals surface area contributed by atoms with Gasteiger partial charge in [-0.3, -0.25) is 4.90 Å². The van der Waals surface area contributed by atoms with Gasteiger partial charge in [0.25, 0.3) is 0 Å². The van der Waals surface area contributed by atoms with Gasteiger partial charge in [0, 0.05) is 24.5 Å². The molecule has 1 aromatic rings. The summed E-state index contributed by atoms with van der Waals surface area (Å²) in [4.78, 5) is 20.0. The van der Waals surface area contributed by atoms with Gasteiger partial charge in [-0.15, -0.1) is 6.58 Å². The summed E-state index contributed by atoms with van der Waals surface area (Å²) >= 11 is 0. The Kier molecular flexibility index (Phi) is 3.19. The first-order chi connectivity index (χ1) is 7.70. The van der Waals surface area contributed by atoms with E-state index in [0.717, 1.165) is 31.5 Å². The third-order valence-corrected chi connectivity index (χ3v) is 3.21. The van der Waals surface area contributed by atoms with Gasteiger partial charge in [0.1, 0.15) is 0 Å². The minimum atomic E-state index is -0.239. The van der Waals surface area contributed by atoms with Crippen LogP contribution in [0.1, 0.15) is 17.7 Å². The summed E-state index contributed by atoms with van der Waals surface area (Å²) in [7, 11) is 2.11. The number of likely N-dealkylation sites (N-methyl/N-ethyl adjacent to an activating group) is 1.